The molecule has 100 valence electrons. The van der Waals surface area contributed by atoms with Crippen LogP contribution in [-0.4, -0.2) is 37.4 Å². The van der Waals surface area contributed by atoms with Crippen molar-refractivity contribution in [1.82, 2.24) is 30.3 Å². The van der Waals surface area contributed by atoms with Gasteiger partial charge < -0.3 is 10.7 Å². The van der Waals surface area contributed by atoms with Crippen LogP contribution in [0.1, 0.15) is 16.3 Å². The van der Waals surface area contributed by atoms with E-state index in [1.165, 1.54) is 6.07 Å². The number of carbonyl (C=O) groups excluding carboxylic acids is 1. The van der Waals surface area contributed by atoms with Crippen LogP contribution in [0.4, 0.5) is 5.82 Å². The van der Waals surface area contributed by atoms with Crippen molar-refractivity contribution >= 4 is 11.7 Å². The number of hydrogen-bond donors (Lipinski definition) is 3. The lowest BCUT2D eigenvalue weighted by atomic mass is 10.3. The highest BCUT2D eigenvalue weighted by Crippen LogP contribution is 1.99. The molecule has 1 amide bonds. The minimum atomic E-state index is -0.299. The number of nitrogens with one attached hydrogen (secondary N) is 2. The highest BCUT2D eigenvalue weighted by atomic mass is 16.1. The first kappa shape index (κ1) is 12.9. The second-order valence-electron chi connectivity index (χ2n) is 3.79. The summed E-state index contributed by atoms with van der Waals surface area (Å²) in [5, 5.41) is 14.3. The van der Waals surface area contributed by atoms with Crippen molar-refractivity contribution in [3.8, 4) is 0 Å². The van der Waals surface area contributed by atoms with E-state index in [1.807, 2.05) is 0 Å². The van der Waals surface area contributed by atoms with E-state index in [4.69, 9.17) is 5.84 Å². The summed E-state index contributed by atoms with van der Waals surface area (Å²) in [7, 11) is 1.79. The molecule has 9 nitrogen and oxygen atoms in total. The third-order valence-electron chi connectivity index (χ3n) is 2.33. The molecule has 0 radical (unpaired) electrons. The van der Waals surface area contributed by atoms with Crippen LogP contribution in [-0.2, 0) is 13.5 Å². The van der Waals surface area contributed by atoms with E-state index < -0.39 is 0 Å². The first-order valence-electron chi connectivity index (χ1n) is 5.62. The number of aromatic nitrogens is 5. The molecule has 0 unspecified atom stereocenters. The highest BCUT2D eigenvalue weighted by Gasteiger charge is 2.08. The number of carbonyl (C=O) groups is 1. The summed E-state index contributed by atoms with van der Waals surface area (Å²) in [5.41, 5.74) is 2.57. The van der Waals surface area contributed by atoms with Crippen molar-refractivity contribution in [2.45, 2.75) is 6.42 Å². The molecular formula is C10H14N8O. The average molecular weight is 262 g/mol. The van der Waals surface area contributed by atoms with Crippen molar-refractivity contribution in [2.75, 3.05) is 12.0 Å². The van der Waals surface area contributed by atoms with Crippen molar-refractivity contribution in [2.24, 2.45) is 12.9 Å². The van der Waals surface area contributed by atoms with Gasteiger partial charge in [-0.1, -0.05) is 0 Å². The lowest BCUT2D eigenvalue weighted by Gasteiger charge is -2.03. The number of rotatable bonds is 5. The maximum atomic E-state index is 11.7. The number of nitrogen functional groups attached to an aromatic ring is 1. The first-order chi connectivity index (χ1) is 9.19. The molecule has 0 saturated carbocycles. The van der Waals surface area contributed by atoms with Gasteiger partial charge >= 0.3 is 0 Å². The molecule has 0 aliphatic heterocycles. The Kier molecular flexibility index (Phi) is 3.98. The third kappa shape index (κ3) is 3.45. The van der Waals surface area contributed by atoms with Gasteiger partial charge in [0, 0.05) is 20.0 Å². The van der Waals surface area contributed by atoms with Crippen LogP contribution >= 0.6 is 0 Å². The normalized spacial score (nSPS) is 10.2. The van der Waals surface area contributed by atoms with Crippen molar-refractivity contribution in [3.05, 3.63) is 30.0 Å². The van der Waals surface area contributed by atoms with Crippen LogP contribution < -0.4 is 16.6 Å². The monoisotopic (exact) mass is 262 g/mol. The Morgan fingerprint density at radius 2 is 2.26 bits per heavy atom. The Labute approximate surface area is 109 Å². The van der Waals surface area contributed by atoms with Crippen molar-refractivity contribution < 1.29 is 4.79 Å². The number of hydrogen-bond acceptors (Lipinski definition) is 7. The van der Waals surface area contributed by atoms with Crippen LogP contribution in [0.25, 0.3) is 0 Å². The molecule has 0 aliphatic carbocycles. The highest BCUT2D eigenvalue weighted by molar-refractivity contribution is 5.92. The van der Waals surface area contributed by atoms with E-state index in [0.29, 0.717) is 24.6 Å². The summed E-state index contributed by atoms with van der Waals surface area (Å²) >= 11 is 0. The van der Waals surface area contributed by atoms with E-state index in [2.05, 4.69) is 31.0 Å². The molecule has 2 heterocycles. The fourth-order valence-electron chi connectivity index (χ4n) is 1.41. The van der Waals surface area contributed by atoms with E-state index in [0.717, 1.165) is 0 Å². The number of hydrazine groups is 1. The molecule has 0 saturated heterocycles. The molecule has 19 heavy (non-hydrogen) atoms. The minimum Gasteiger partial charge on any atom is -0.350 e. The summed E-state index contributed by atoms with van der Waals surface area (Å²) in [5.74, 6) is 5.93. The smallest absolute Gasteiger partial charge is 0.271 e. The van der Waals surface area contributed by atoms with E-state index in [-0.39, 0.29) is 11.6 Å². The molecule has 2 aromatic heterocycles. The number of nitrogens with two attached hydrogens (primary N) is 1. The first-order valence-corrected chi connectivity index (χ1v) is 5.62. The van der Waals surface area contributed by atoms with Gasteiger partial charge in [0.05, 0.1) is 0 Å². The van der Waals surface area contributed by atoms with E-state index in [1.54, 1.807) is 24.1 Å². The zero-order valence-electron chi connectivity index (χ0n) is 10.4. The van der Waals surface area contributed by atoms with Gasteiger partial charge in [0.1, 0.15) is 6.33 Å². The molecule has 2 aromatic rings. The molecule has 0 aromatic carbocycles. The molecule has 9 heteroatoms. The van der Waals surface area contributed by atoms with E-state index >= 15 is 0 Å². The summed E-state index contributed by atoms with van der Waals surface area (Å²) in [6, 6.07) is 3.11. The number of amides is 1. The molecular weight excluding hydrogens is 248 g/mol. The Morgan fingerprint density at radius 1 is 1.42 bits per heavy atom. The average Bonchev–Trinajstić information content (AvgIpc) is 2.84. The molecule has 0 fully saturated rings. The zero-order chi connectivity index (χ0) is 13.7. The Balaban J connectivity index is 1.83. The number of anilines is 1. The number of nitrogens with zero attached hydrogens (tertiary/aromatic N) is 5. The lowest BCUT2D eigenvalue weighted by molar-refractivity contribution is 0.0948. The largest absolute Gasteiger partial charge is 0.350 e. The molecule has 0 aliphatic rings. The standard InChI is InChI=1S/C10H14N8O/c1-18-6-13-8(17-18)4-5-12-10(19)7-2-3-9(14-11)16-15-7/h2-3,6H,4-5,11H2,1H3,(H,12,19)(H,14,16). The predicted molar refractivity (Wildman–Crippen MR) is 66.9 cm³/mol. The van der Waals surface area contributed by atoms with Crippen LogP contribution in [0.15, 0.2) is 18.5 Å². The topological polar surface area (TPSA) is 124 Å². The summed E-state index contributed by atoms with van der Waals surface area (Å²) in [6.45, 7) is 0.432. The maximum absolute atomic E-state index is 11.7. The summed E-state index contributed by atoms with van der Waals surface area (Å²) < 4.78 is 1.61. The van der Waals surface area contributed by atoms with Gasteiger partial charge in [-0.15, -0.1) is 10.2 Å². The quantitative estimate of drug-likeness (QED) is 0.459. The van der Waals surface area contributed by atoms with Gasteiger partial charge in [-0.3, -0.25) is 9.48 Å². The second kappa shape index (κ2) is 5.87. The SMILES string of the molecule is Cn1cnc(CCNC(=O)c2ccc(NN)nn2)n1. The van der Waals surface area contributed by atoms with Gasteiger partial charge in [0.15, 0.2) is 17.3 Å². The van der Waals surface area contributed by atoms with Crippen molar-refractivity contribution in [1.29, 1.82) is 0 Å². The Bertz CT molecular complexity index is 549. The summed E-state index contributed by atoms with van der Waals surface area (Å²) in [6.07, 6.45) is 2.17. The molecule has 0 spiro atoms. The summed E-state index contributed by atoms with van der Waals surface area (Å²) in [4.78, 5) is 15.8. The van der Waals surface area contributed by atoms with Crippen molar-refractivity contribution in [3.63, 3.8) is 0 Å². The van der Waals surface area contributed by atoms with Crippen LogP contribution in [0, 0.1) is 0 Å². The fraction of sp³-hybridized carbons (Fsp3) is 0.300. The Morgan fingerprint density at radius 3 is 2.84 bits per heavy atom. The van der Waals surface area contributed by atoms with Gasteiger partial charge in [0.2, 0.25) is 0 Å². The second-order valence-corrected chi connectivity index (χ2v) is 3.79. The third-order valence-corrected chi connectivity index (χ3v) is 2.33. The van der Waals surface area contributed by atoms with E-state index in [9.17, 15) is 4.79 Å². The predicted octanol–water partition coefficient (Wildman–Crippen LogP) is -1.14. The molecule has 2 rings (SSSR count). The molecule has 0 atom stereocenters. The minimum absolute atomic E-state index is 0.230. The number of aryl methyl sites for hydroxylation is 1. The van der Waals surface area contributed by atoms with Gasteiger partial charge in [-0.2, -0.15) is 5.10 Å². The van der Waals surface area contributed by atoms with Crippen LogP contribution in [0.2, 0.25) is 0 Å². The lowest BCUT2D eigenvalue weighted by Crippen LogP contribution is -2.27. The van der Waals surface area contributed by atoms with Crippen LogP contribution in [0.3, 0.4) is 0 Å². The Hall–Kier alpha value is -2.55. The maximum Gasteiger partial charge on any atom is 0.271 e. The molecule has 4 N–H and O–H groups in total. The molecule has 0 bridgehead atoms. The van der Waals surface area contributed by atoms with Gasteiger partial charge in [0.25, 0.3) is 5.91 Å². The zero-order valence-corrected chi connectivity index (χ0v) is 10.4. The van der Waals surface area contributed by atoms with Crippen LogP contribution in [0.5, 0.6) is 0 Å². The van der Waals surface area contributed by atoms with Gasteiger partial charge in [-0.05, 0) is 12.1 Å². The fourth-order valence-corrected chi connectivity index (χ4v) is 1.41. The van der Waals surface area contributed by atoms with Gasteiger partial charge in [-0.25, -0.2) is 10.8 Å².